The zero-order valence-electron chi connectivity index (χ0n) is 18.3. The van der Waals surface area contributed by atoms with Crippen molar-refractivity contribution in [2.45, 2.75) is 20.8 Å². The molecule has 7 heteroatoms. The Kier molecular flexibility index (Phi) is 5.51. The van der Waals surface area contributed by atoms with Crippen molar-refractivity contribution in [3.8, 4) is 11.1 Å². The molecule has 0 N–H and O–H groups in total. The first-order chi connectivity index (χ1) is 15.4. The van der Waals surface area contributed by atoms with Crippen LogP contribution >= 0.6 is 22.9 Å². The van der Waals surface area contributed by atoms with E-state index in [2.05, 4.69) is 58.7 Å². The molecule has 0 spiro atoms. The van der Waals surface area contributed by atoms with Crippen molar-refractivity contribution >= 4 is 44.7 Å². The Labute approximate surface area is 196 Å². The maximum atomic E-state index is 13.5. The molecule has 2 aromatic heterocycles. The summed E-state index contributed by atoms with van der Waals surface area (Å²) < 4.78 is 13.5. The number of hydrogen-bond donors (Lipinski definition) is 0. The van der Waals surface area contributed by atoms with Gasteiger partial charge in [0.05, 0.1) is 5.39 Å². The van der Waals surface area contributed by atoms with E-state index in [1.165, 1.54) is 28.9 Å². The minimum absolute atomic E-state index is 0.243. The molecule has 1 fully saturated rings. The number of fused-ring (bicyclic) bond motifs is 1. The molecule has 164 valence electrons. The van der Waals surface area contributed by atoms with Gasteiger partial charge < -0.3 is 9.80 Å². The molecule has 32 heavy (non-hydrogen) atoms. The molecule has 1 aliphatic heterocycles. The summed E-state index contributed by atoms with van der Waals surface area (Å²) in [6, 6.07) is 13.1. The van der Waals surface area contributed by atoms with Crippen molar-refractivity contribution in [3.63, 3.8) is 0 Å². The lowest BCUT2D eigenvalue weighted by Crippen LogP contribution is -2.47. The number of anilines is 2. The Balaban J connectivity index is 1.52. The molecule has 2 aromatic carbocycles. The zero-order valence-corrected chi connectivity index (χ0v) is 19.9. The number of piperazine rings is 1. The third kappa shape index (κ3) is 3.71. The monoisotopic (exact) mass is 466 g/mol. The SMILES string of the molecule is Cc1cccc(N2CCN(c3nc(Cl)nc4sc(C)c(-c5ccc(F)cc5)c34)CC2)c1C. The topological polar surface area (TPSA) is 32.3 Å². The Morgan fingerprint density at radius 1 is 0.906 bits per heavy atom. The van der Waals surface area contributed by atoms with Gasteiger partial charge in [0, 0.05) is 42.3 Å². The molecule has 0 saturated carbocycles. The number of thiophene rings is 1. The maximum Gasteiger partial charge on any atom is 0.225 e. The van der Waals surface area contributed by atoms with Crippen LogP contribution in [-0.2, 0) is 0 Å². The van der Waals surface area contributed by atoms with E-state index in [1.807, 2.05) is 12.1 Å². The lowest BCUT2D eigenvalue weighted by atomic mass is 10.0. The van der Waals surface area contributed by atoms with Crippen LogP contribution in [0.4, 0.5) is 15.9 Å². The number of aromatic nitrogens is 2. The molecule has 0 aliphatic carbocycles. The van der Waals surface area contributed by atoms with Crippen molar-refractivity contribution < 1.29 is 4.39 Å². The van der Waals surface area contributed by atoms with Crippen LogP contribution in [0.2, 0.25) is 5.28 Å². The van der Waals surface area contributed by atoms with Crippen molar-refractivity contribution in [2.24, 2.45) is 0 Å². The van der Waals surface area contributed by atoms with Crippen molar-refractivity contribution in [2.75, 3.05) is 36.0 Å². The molecule has 0 amide bonds. The standard InChI is InChI=1S/C25H24ClFN4S/c1-15-5-4-6-20(16(15)2)30-11-13-31(14-12-30)23-22-21(18-7-9-19(27)10-8-18)17(3)32-24(22)29-25(26)28-23/h4-10H,11-14H2,1-3H3. The van der Waals surface area contributed by atoms with Crippen LogP contribution in [-0.4, -0.2) is 36.1 Å². The predicted molar refractivity (Wildman–Crippen MR) is 133 cm³/mol. The van der Waals surface area contributed by atoms with Crippen LogP contribution in [0.5, 0.6) is 0 Å². The summed E-state index contributed by atoms with van der Waals surface area (Å²) in [5, 5.41) is 1.26. The zero-order chi connectivity index (χ0) is 22.4. The van der Waals surface area contributed by atoms with E-state index in [0.717, 1.165) is 58.2 Å². The maximum absolute atomic E-state index is 13.5. The lowest BCUT2D eigenvalue weighted by Gasteiger charge is -2.38. The molecule has 4 nitrogen and oxygen atoms in total. The Hall–Kier alpha value is -2.70. The summed E-state index contributed by atoms with van der Waals surface area (Å²) >= 11 is 7.94. The van der Waals surface area contributed by atoms with Gasteiger partial charge in [-0.2, -0.15) is 4.98 Å². The number of rotatable bonds is 3. The molecule has 1 saturated heterocycles. The average Bonchev–Trinajstić information content (AvgIpc) is 3.11. The Bertz CT molecular complexity index is 1290. The van der Waals surface area contributed by atoms with E-state index in [1.54, 1.807) is 11.3 Å². The smallest absolute Gasteiger partial charge is 0.225 e. The van der Waals surface area contributed by atoms with Crippen LogP contribution in [0.25, 0.3) is 21.3 Å². The first kappa shape index (κ1) is 21.2. The highest BCUT2D eigenvalue weighted by atomic mass is 35.5. The summed E-state index contributed by atoms with van der Waals surface area (Å²) in [4.78, 5) is 15.9. The van der Waals surface area contributed by atoms with Gasteiger partial charge in [0.1, 0.15) is 16.5 Å². The van der Waals surface area contributed by atoms with Gasteiger partial charge in [-0.1, -0.05) is 24.3 Å². The number of halogens is 2. The normalized spacial score (nSPS) is 14.4. The van der Waals surface area contributed by atoms with Crippen molar-refractivity contribution in [1.82, 2.24) is 9.97 Å². The van der Waals surface area contributed by atoms with Crippen LogP contribution in [0.3, 0.4) is 0 Å². The Morgan fingerprint density at radius 2 is 1.59 bits per heavy atom. The third-order valence-corrected chi connectivity index (χ3v) is 7.48. The first-order valence-electron chi connectivity index (χ1n) is 10.7. The van der Waals surface area contributed by atoms with Gasteiger partial charge in [-0.05, 0) is 67.3 Å². The lowest BCUT2D eigenvalue weighted by molar-refractivity contribution is 0.628. The van der Waals surface area contributed by atoms with E-state index < -0.39 is 0 Å². The summed E-state index contributed by atoms with van der Waals surface area (Å²) in [5.41, 5.74) is 5.98. The molecule has 0 radical (unpaired) electrons. The second-order valence-corrected chi connectivity index (χ2v) is 9.77. The molecule has 4 aromatic rings. The molecular formula is C25H24ClFN4S. The number of nitrogens with zero attached hydrogens (tertiary/aromatic N) is 4. The Morgan fingerprint density at radius 3 is 2.31 bits per heavy atom. The van der Waals surface area contributed by atoms with Gasteiger partial charge in [0.15, 0.2) is 0 Å². The number of hydrogen-bond acceptors (Lipinski definition) is 5. The van der Waals surface area contributed by atoms with E-state index in [4.69, 9.17) is 11.6 Å². The fourth-order valence-corrected chi connectivity index (χ4v) is 5.75. The number of benzene rings is 2. The second-order valence-electron chi connectivity index (χ2n) is 8.23. The third-order valence-electron chi connectivity index (χ3n) is 6.31. The molecule has 0 unspecified atom stereocenters. The van der Waals surface area contributed by atoms with Crippen LogP contribution in [0, 0.1) is 26.6 Å². The van der Waals surface area contributed by atoms with E-state index >= 15 is 0 Å². The summed E-state index contributed by atoms with van der Waals surface area (Å²) in [7, 11) is 0. The minimum atomic E-state index is -0.243. The van der Waals surface area contributed by atoms with Gasteiger partial charge in [0.2, 0.25) is 5.28 Å². The summed E-state index contributed by atoms with van der Waals surface area (Å²) in [6.07, 6.45) is 0. The fourth-order valence-electron chi connectivity index (χ4n) is 4.50. The van der Waals surface area contributed by atoms with E-state index in [9.17, 15) is 4.39 Å². The molecule has 5 rings (SSSR count). The molecule has 0 bridgehead atoms. The van der Waals surface area contributed by atoms with Gasteiger partial charge >= 0.3 is 0 Å². The van der Waals surface area contributed by atoms with Gasteiger partial charge in [-0.3, -0.25) is 0 Å². The quantitative estimate of drug-likeness (QED) is 0.327. The van der Waals surface area contributed by atoms with E-state index in [0.29, 0.717) is 0 Å². The van der Waals surface area contributed by atoms with Crippen LogP contribution in [0.1, 0.15) is 16.0 Å². The highest BCUT2D eigenvalue weighted by molar-refractivity contribution is 7.19. The first-order valence-corrected chi connectivity index (χ1v) is 11.9. The van der Waals surface area contributed by atoms with Gasteiger partial charge in [0.25, 0.3) is 0 Å². The van der Waals surface area contributed by atoms with Gasteiger partial charge in [-0.15, -0.1) is 11.3 Å². The van der Waals surface area contributed by atoms with Gasteiger partial charge in [-0.25, -0.2) is 9.37 Å². The minimum Gasteiger partial charge on any atom is -0.368 e. The summed E-state index contributed by atoms with van der Waals surface area (Å²) in [5.74, 6) is 0.623. The molecule has 3 heterocycles. The largest absolute Gasteiger partial charge is 0.368 e. The average molecular weight is 467 g/mol. The van der Waals surface area contributed by atoms with Crippen molar-refractivity contribution in [3.05, 3.63) is 69.6 Å². The van der Waals surface area contributed by atoms with Crippen LogP contribution < -0.4 is 9.80 Å². The van der Waals surface area contributed by atoms with Crippen molar-refractivity contribution in [1.29, 1.82) is 0 Å². The van der Waals surface area contributed by atoms with Crippen LogP contribution in [0.15, 0.2) is 42.5 Å². The molecular weight excluding hydrogens is 443 g/mol. The summed E-state index contributed by atoms with van der Waals surface area (Å²) in [6.45, 7) is 9.91. The highest BCUT2D eigenvalue weighted by Crippen LogP contribution is 2.42. The fraction of sp³-hybridized carbons (Fsp3) is 0.280. The second kappa shape index (κ2) is 8.34. The molecule has 1 aliphatic rings. The highest BCUT2D eigenvalue weighted by Gasteiger charge is 2.25. The predicted octanol–water partition coefficient (Wildman–Crippen LogP) is 6.40. The number of aryl methyl sites for hydroxylation is 2. The van der Waals surface area contributed by atoms with E-state index in [-0.39, 0.29) is 11.1 Å². The molecule has 0 atom stereocenters.